The van der Waals surface area contributed by atoms with Crippen molar-refractivity contribution in [3.8, 4) is 0 Å². The molecule has 1 aromatic heterocycles. The highest BCUT2D eigenvalue weighted by Crippen LogP contribution is 2.19. The Bertz CT molecular complexity index is 357. The molecule has 0 aliphatic carbocycles. The average molecular weight is 274 g/mol. The average Bonchev–Trinajstić information content (AvgIpc) is 2.15. The first-order valence-corrected chi connectivity index (χ1v) is 5.26. The van der Waals surface area contributed by atoms with E-state index in [2.05, 4.69) is 31.2 Å². The lowest BCUT2D eigenvalue weighted by Gasteiger charge is -2.18. The summed E-state index contributed by atoms with van der Waals surface area (Å²) in [7, 11) is 0. The number of carboxylic acids is 1. The monoisotopic (exact) mass is 273 g/mol. The lowest BCUT2D eigenvalue weighted by atomic mass is 10.1. The Balaban J connectivity index is 2.84. The van der Waals surface area contributed by atoms with Gasteiger partial charge in [0, 0.05) is 6.20 Å². The first-order chi connectivity index (χ1) is 7.02. The highest BCUT2D eigenvalue weighted by Gasteiger charge is 2.22. The van der Waals surface area contributed by atoms with Crippen molar-refractivity contribution in [2.75, 3.05) is 5.32 Å². The van der Waals surface area contributed by atoms with Crippen LogP contribution in [0.3, 0.4) is 0 Å². The molecule has 1 heterocycles. The number of halogens is 1. The van der Waals surface area contributed by atoms with Gasteiger partial charge in [-0.3, -0.25) is 0 Å². The standard InChI is InChI=1S/C9H12BrN3O2/c1-5(2)7(9(14)15)13-8-6(10)3-11-4-12-8/h3-5,7H,1-2H3,(H,14,15)(H,11,12,13)/t7-/m0/s1. The van der Waals surface area contributed by atoms with Crippen LogP contribution in [0, 0.1) is 5.92 Å². The van der Waals surface area contributed by atoms with E-state index in [4.69, 9.17) is 5.11 Å². The number of aromatic nitrogens is 2. The van der Waals surface area contributed by atoms with Crippen LogP contribution in [0.4, 0.5) is 5.82 Å². The number of hydrogen-bond acceptors (Lipinski definition) is 4. The van der Waals surface area contributed by atoms with E-state index in [0.29, 0.717) is 10.3 Å². The molecule has 0 spiro atoms. The fourth-order valence-electron chi connectivity index (χ4n) is 1.08. The van der Waals surface area contributed by atoms with Gasteiger partial charge in [-0.15, -0.1) is 0 Å². The smallest absolute Gasteiger partial charge is 0.326 e. The minimum absolute atomic E-state index is 0.0237. The molecule has 0 aliphatic heterocycles. The molecule has 6 heteroatoms. The number of hydrogen-bond donors (Lipinski definition) is 2. The Morgan fingerprint density at radius 1 is 1.60 bits per heavy atom. The Labute approximate surface area is 96.1 Å². The molecule has 2 N–H and O–H groups in total. The number of rotatable bonds is 4. The van der Waals surface area contributed by atoms with Crippen LogP contribution in [0.1, 0.15) is 13.8 Å². The summed E-state index contributed by atoms with van der Waals surface area (Å²) < 4.78 is 0.650. The molecular formula is C9H12BrN3O2. The van der Waals surface area contributed by atoms with Crippen LogP contribution in [-0.2, 0) is 4.79 Å². The maximum Gasteiger partial charge on any atom is 0.326 e. The first-order valence-electron chi connectivity index (χ1n) is 4.47. The molecule has 0 radical (unpaired) electrons. The second kappa shape index (κ2) is 5.06. The minimum Gasteiger partial charge on any atom is -0.480 e. The molecule has 15 heavy (non-hydrogen) atoms. The second-order valence-corrected chi connectivity index (χ2v) is 4.28. The Morgan fingerprint density at radius 2 is 2.27 bits per heavy atom. The molecule has 0 aliphatic rings. The molecule has 0 unspecified atom stereocenters. The normalized spacial score (nSPS) is 12.5. The van der Waals surface area contributed by atoms with Gasteiger partial charge in [-0.2, -0.15) is 0 Å². The molecule has 0 fully saturated rings. The summed E-state index contributed by atoms with van der Waals surface area (Å²) in [4.78, 5) is 18.7. The van der Waals surface area contributed by atoms with Gasteiger partial charge in [-0.05, 0) is 21.8 Å². The molecule has 1 aromatic rings. The van der Waals surface area contributed by atoms with E-state index in [1.54, 1.807) is 6.20 Å². The van der Waals surface area contributed by atoms with Crippen LogP contribution in [-0.4, -0.2) is 27.1 Å². The number of nitrogens with one attached hydrogen (secondary N) is 1. The largest absolute Gasteiger partial charge is 0.480 e. The van der Waals surface area contributed by atoms with Gasteiger partial charge >= 0.3 is 5.97 Å². The van der Waals surface area contributed by atoms with Gasteiger partial charge in [0.05, 0.1) is 4.47 Å². The van der Waals surface area contributed by atoms with E-state index in [0.717, 1.165) is 0 Å². The van der Waals surface area contributed by atoms with E-state index < -0.39 is 12.0 Å². The topological polar surface area (TPSA) is 75.1 Å². The third kappa shape index (κ3) is 3.16. The summed E-state index contributed by atoms with van der Waals surface area (Å²) in [5.74, 6) is -0.425. The molecule has 82 valence electrons. The SMILES string of the molecule is CC(C)[C@H](Nc1ncncc1Br)C(=O)O. The van der Waals surface area contributed by atoms with Gasteiger partial charge in [0.1, 0.15) is 18.2 Å². The highest BCUT2D eigenvalue weighted by molar-refractivity contribution is 9.10. The maximum absolute atomic E-state index is 10.9. The van der Waals surface area contributed by atoms with Gasteiger partial charge in [0.25, 0.3) is 0 Å². The maximum atomic E-state index is 10.9. The van der Waals surface area contributed by atoms with Crippen LogP contribution in [0.5, 0.6) is 0 Å². The molecule has 5 nitrogen and oxygen atoms in total. The molecule has 0 saturated heterocycles. The zero-order valence-electron chi connectivity index (χ0n) is 8.44. The van der Waals surface area contributed by atoms with E-state index in [1.807, 2.05) is 13.8 Å². The van der Waals surface area contributed by atoms with Crippen molar-refractivity contribution in [1.29, 1.82) is 0 Å². The third-order valence-corrected chi connectivity index (χ3v) is 2.47. The molecule has 0 bridgehead atoms. The summed E-state index contributed by atoms with van der Waals surface area (Å²) in [5, 5.41) is 11.8. The number of anilines is 1. The summed E-state index contributed by atoms with van der Waals surface area (Å²) in [6.45, 7) is 3.67. The van der Waals surface area contributed by atoms with E-state index >= 15 is 0 Å². The quantitative estimate of drug-likeness (QED) is 0.875. The van der Waals surface area contributed by atoms with Crippen molar-refractivity contribution >= 4 is 27.7 Å². The van der Waals surface area contributed by atoms with Crippen molar-refractivity contribution in [2.24, 2.45) is 5.92 Å². The van der Waals surface area contributed by atoms with Gasteiger partial charge in [-0.1, -0.05) is 13.8 Å². The molecule has 0 saturated carbocycles. The zero-order chi connectivity index (χ0) is 11.4. The van der Waals surface area contributed by atoms with Crippen molar-refractivity contribution in [2.45, 2.75) is 19.9 Å². The van der Waals surface area contributed by atoms with Crippen LogP contribution >= 0.6 is 15.9 Å². The van der Waals surface area contributed by atoms with E-state index in [-0.39, 0.29) is 5.92 Å². The van der Waals surface area contributed by atoms with Crippen LogP contribution in [0.2, 0.25) is 0 Å². The number of carboxylic acid groups (broad SMARTS) is 1. The van der Waals surface area contributed by atoms with Gasteiger partial charge in [0.15, 0.2) is 0 Å². The Kier molecular flexibility index (Phi) is 4.02. The summed E-state index contributed by atoms with van der Waals surface area (Å²) in [6.07, 6.45) is 2.93. The van der Waals surface area contributed by atoms with E-state index in [1.165, 1.54) is 6.33 Å². The van der Waals surface area contributed by atoms with Crippen molar-refractivity contribution in [1.82, 2.24) is 9.97 Å². The van der Waals surface area contributed by atoms with Crippen molar-refractivity contribution in [3.05, 3.63) is 17.0 Å². The van der Waals surface area contributed by atoms with Gasteiger partial charge < -0.3 is 10.4 Å². The van der Waals surface area contributed by atoms with Crippen LogP contribution < -0.4 is 5.32 Å². The summed E-state index contributed by atoms with van der Waals surface area (Å²) in [5.41, 5.74) is 0. The fourth-order valence-corrected chi connectivity index (χ4v) is 1.41. The number of nitrogens with zero attached hydrogens (tertiary/aromatic N) is 2. The van der Waals surface area contributed by atoms with Gasteiger partial charge in [0.2, 0.25) is 0 Å². The molecule has 1 atom stereocenters. The lowest BCUT2D eigenvalue weighted by molar-refractivity contribution is -0.138. The number of aliphatic carboxylic acids is 1. The number of carbonyl (C=O) groups is 1. The summed E-state index contributed by atoms with van der Waals surface area (Å²) in [6, 6.07) is -0.656. The minimum atomic E-state index is -0.893. The Morgan fingerprint density at radius 3 is 2.73 bits per heavy atom. The fraction of sp³-hybridized carbons (Fsp3) is 0.444. The molecular weight excluding hydrogens is 262 g/mol. The molecule has 1 rings (SSSR count). The van der Waals surface area contributed by atoms with Crippen LogP contribution in [0.25, 0.3) is 0 Å². The van der Waals surface area contributed by atoms with Gasteiger partial charge in [-0.25, -0.2) is 14.8 Å². The van der Waals surface area contributed by atoms with E-state index in [9.17, 15) is 4.79 Å². The predicted octanol–water partition coefficient (Wildman–Crippen LogP) is 1.76. The lowest BCUT2D eigenvalue weighted by Crippen LogP contribution is -2.34. The van der Waals surface area contributed by atoms with Crippen molar-refractivity contribution in [3.63, 3.8) is 0 Å². The molecule has 0 amide bonds. The molecule has 0 aromatic carbocycles. The Hall–Kier alpha value is -1.17. The summed E-state index contributed by atoms with van der Waals surface area (Å²) >= 11 is 3.24. The highest BCUT2D eigenvalue weighted by atomic mass is 79.9. The van der Waals surface area contributed by atoms with Crippen LogP contribution in [0.15, 0.2) is 17.0 Å². The second-order valence-electron chi connectivity index (χ2n) is 3.42. The third-order valence-electron chi connectivity index (χ3n) is 1.89. The first kappa shape index (κ1) is 11.9. The van der Waals surface area contributed by atoms with Crippen molar-refractivity contribution < 1.29 is 9.90 Å². The zero-order valence-corrected chi connectivity index (χ0v) is 10.0. The predicted molar refractivity (Wildman–Crippen MR) is 59.6 cm³/mol.